The van der Waals surface area contributed by atoms with Gasteiger partial charge in [0, 0.05) is 23.2 Å². The second kappa shape index (κ2) is 7.97. The number of aromatic nitrogens is 1. The quantitative estimate of drug-likeness (QED) is 0.821. The van der Waals surface area contributed by atoms with Gasteiger partial charge in [0.1, 0.15) is 0 Å². The molecular formula is C19H28N4OS. The lowest BCUT2D eigenvalue weighted by atomic mass is 10.1. The van der Waals surface area contributed by atoms with Gasteiger partial charge in [-0.15, -0.1) is 11.3 Å². The van der Waals surface area contributed by atoms with Crippen LogP contribution in [0.15, 0.2) is 23.6 Å². The molecule has 1 aromatic carbocycles. The summed E-state index contributed by atoms with van der Waals surface area (Å²) < 4.78 is 0. The fraction of sp³-hybridized carbons (Fsp3) is 0.474. The van der Waals surface area contributed by atoms with Crippen molar-refractivity contribution in [2.75, 3.05) is 18.9 Å². The van der Waals surface area contributed by atoms with E-state index in [1.165, 1.54) is 11.1 Å². The maximum atomic E-state index is 12.0. The van der Waals surface area contributed by atoms with E-state index >= 15 is 0 Å². The Morgan fingerprint density at radius 1 is 1.24 bits per heavy atom. The number of anilines is 2. The number of aryl methyl sites for hydroxylation is 2. The molecule has 5 nitrogen and oxygen atoms in total. The van der Waals surface area contributed by atoms with Crippen molar-refractivity contribution in [3.05, 3.63) is 40.4 Å². The second-order valence-corrected chi connectivity index (χ2v) is 8.40. The zero-order valence-corrected chi connectivity index (χ0v) is 16.8. The highest BCUT2D eigenvalue weighted by Crippen LogP contribution is 2.23. The summed E-state index contributed by atoms with van der Waals surface area (Å²) in [6.45, 7) is 11.2. The number of benzene rings is 1. The Labute approximate surface area is 154 Å². The number of likely N-dealkylation sites (N-methyl/N-ethyl adjacent to an activating group) is 1. The van der Waals surface area contributed by atoms with Crippen molar-refractivity contribution in [3.63, 3.8) is 0 Å². The molecule has 6 heteroatoms. The van der Waals surface area contributed by atoms with Crippen molar-refractivity contribution < 1.29 is 4.79 Å². The van der Waals surface area contributed by atoms with Gasteiger partial charge in [0.05, 0.1) is 12.2 Å². The van der Waals surface area contributed by atoms with Crippen LogP contribution in [-0.2, 0) is 11.3 Å². The van der Waals surface area contributed by atoms with Crippen LogP contribution in [0.2, 0.25) is 0 Å². The van der Waals surface area contributed by atoms with Crippen LogP contribution in [0.4, 0.5) is 10.8 Å². The first kappa shape index (κ1) is 19.4. The molecule has 2 aromatic rings. The van der Waals surface area contributed by atoms with E-state index in [0.717, 1.165) is 16.5 Å². The first-order chi connectivity index (χ1) is 11.6. The van der Waals surface area contributed by atoms with Crippen LogP contribution in [0.5, 0.6) is 0 Å². The Bertz CT molecular complexity index is 733. The molecule has 0 aliphatic rings. The molecule has 0 aliphatic heterocycles. The van der Waals surface area contributed by atoms with Gasteiger partial charge in [-0.05, 0) is 64.9 Å². The van der Waals surface area contributed by atoms with Crippen LogP contribution < -0.4 is 10.6 Å². The molecular weight excluding hydrogens is 332 g/mol. The summed E-state index contributed by atoms with van der Waals surface area (Å²) in [6.07, 6.45) is 0. The first-order valence-corrected chi connectivity index (χ1v) is 9.28. The number of thiazole rings is 1. The molecule has 0 spiro atoms. The van der Waals surface area contributed by atoms with Gasteiger partial charge in [0.15, 0.2) is 5.13 Å². The molecule has 0 bridgehead atoms. The number of nitrogens with one attached hydrogen (secondary N) is 2. The van der Waals surface area contributed by atoms with E-state index in [0.29, 0.717) is 13.1 Å². The highest BCUT2D eigenvalue weighted by Gasteiger charge is 2.15. The van der Waals surface area contributed by atoms with Crippen molar-refractivity contribution in [1.29, 1.82) is 0 Å². The summed E-state index contributed by atoms with van der Waals surface area (Å²) in [5.74, 6) is 0.0266. The summed E-state index contributed by atoms with van der Waals surface area (Å²) >= 11 is 1.58. The molecule has 2 N–H and O–H groups in total. The van der Waals surface area contributed by atoms with Crippen LogP contribution in [-0.4, -0.2) is 34.9 Å². The van der Waals surface area contributed by atoms with Crippen LogP contribution >= 0.6 is 11.3 Å². The molecule has 1 heterocycles. The standard InChI is InChI=1S/C19H28N4OS/c1-13-7-8-15(9-14(13)2)20-18-21-16(12-25-18)10-23(6)11-17(24)22-19(3,4)5/h7-9,12H,10-11H2,1-6H3,(H,20,21)(H,22,24). The van der Waals surface area contributed by atoms with Crippen LogP contribution in [0, 0.1) is 13.8 Å². The predicted octanol–water partition coefficient (Wildman–Crippen LogP) is 3.85. The summed E-state index contributed by atoms with van der Waals surface area (Å²) in [5.41, 5.74) is 4.33. The predicted molar refractivity (Wildman–Crippen MR) is 106 cm³/mol. The third kappa shape index (κ3) is 6.48. The maximum Gasteiger partial charge on any atom is 0.234 e. The largest absolute Gasteiger partial charge is 0.350 e. The summed E-state index contributed by atoms with van der Waals surface area (Å²) in [5, 5.41) is 9.22. The van der Waals surface area contributed by atoms with E-state index in [9.17, 15) is 4.79 Å². The lowest BCUT2D eigenvalue weighted by Gasteiger charge is -2.23. The topological polar surface area (TPSA) is 57.3 Å². The fourth-order valence-electron chi connectivity index (χ4n) is 2.42. The molecule has 1 amide bonds. The number of carbonyl (C=O) groups excluding carboxylic acids is 1. The number of nitrogens with zero attached hydrogens (tertiary/aromatic N) is 2. The highest BCUT2D eigenvalue weighted by atomic mass is 32.1. The third-order valence-electron chi connectivity index (χ3n) is 3.67. The van der Waals surface area contributed by atoms with Crippen molar-refractivity contribution in [1.82, 2.24) is 15.2 Å². The zero-order chi connectivity index (χ0) is 18.6. The number of rotatable bonds is 6. The Kier molecular flexibility index (Phi) is 6.19. The first-order valence-electron chi connectivity index (χ1n) is 8.40. The summed E-state index contributed by atoms with van der Waals surface area (Å²) in [4.78, 5) is 18.6. The molecule has 0 atom stereocenters. The smallest absolute Gasteiger partial charge is 0.234 e. The minimum Gasteiger partial charge on any atom is -0.350 e. The van der Waals surface area contributed by atoms with Gasteiger partial charge in [-0.2, -0.15) is 0 Å². The maximum absolute atomic E-state index is 12.0. The van der Waals surface area contributed by atoms with Gasteiger partial charge in [-0.1, -0.05) is 6.07 Å². The van der Waals surface area contributed by atoms with Gasteiger partial charge >= 0.3 is 0 Å². The van der Waals surface area contributed by atoms with E-state index in [1.807, 2.05) is 38.1 Å². The van der Waals surface area contributed by atoms with Gasteiger partial charge in [-0.3, -0.25) is 9.69 Å². The normalized spacial score (nSPS) is 11.6. The van der Waals surface area contributed by atoms with Crippen molar-refractivity contribution in [2.24, 2.45) is 0 Å². The van der Waals surface area contributed by atoms with Gasteiger partial charge < -0.3 is 10.6 Å². The van der Waals surface area contributed by atoms with Crippen molar-refractivity contribution in [2.45, 2.75) is 46.7 Å². The lowest BCUT2D eigenvalue weighted by molar-refractivity contribution is -0.123. The molecule has 0 aliphatic carbocycles. The SMILES string of the molecule is Cc1ccc(Nc2nc(CN(C)CC(=O)NC(C)(C)C)cs2)cc1C. The third-order valence-corrected chi connectivity index (χ3v) is 4.48. The van der Waals surface area contributed by atoms with E-state index in [1.54, 1.807) is 11.3 Å². The van der Waals surface area contributed by atoms with Crippen LogP contribution in [0.3, 0.4) is 0 Å². The van der Waals surface area contributed by atoms with Crippen LogP contribution in [0.25, 0.3) is 0 Å². The minimum absolute atomic E-state index is 0.0266. The Balaban J connectivity index is 1.90. The number of hydrogen-bond donors (Lipinski definition) is 2. The van der Waals surface area contributed by atoms with E-state index in [4.69, 9.17) is 0 Å². The highest BCUT2D eigenvalue weighted by molar-refractivity contribution is 7.13. The molecule has 136 valence electrons. The van der Waals surface area contributed by atoms with E-state index in [-0.39, 0.29) is 11.4 Å². The number of carbonyl (C=O) groups is 1. The van der Waals surface area contributed by atoms with Crippen LogP contribution in [0.1, 0.15) is 37.6 Å². The summed E-state index contributed by atoms with van der Waals surface area (Å²) in [6, 6.07) is 6.29. The minimum atomic E-state index is -0.207. The molecule has 25 heavy (non-hydrogen) atoms. The molecule has 0 fully saturated rings. The van der Waals surface area contributed by atoms with Gasteiger partial charge in [-0.25, -0.2) is 4.98 Å². The molecule has 0 saturated carbocycles. The monoisotopic (exact) mass is 360 g/mol. The zero-order valence-electron chi connectivity index (χ0n) is 15.9. The average Bonchev–Trinajstić information content (AvgIpc) is 2.87. The molecule has 0 saturated heterocycles. The van der Waals surface area contributed by atoms with Crippen molar-refractivity contribution >= 4 is 28.1 Å². The summed E-state index contributed by atoms with van der Waals surface area (Å²) in [7, 11) is 1.93. The molecule has 0 radical (unpaired) electrons. The lowest BCUT2D eigenvalue weighted by Crippen LogP contribution is -2.45. The number of amides is 1. The van der Waals surface area contributed by atoms with Gasteiger partial charge in [0.2, 0.25) is 5.91 Å². The molecule has 2 rings (SSSR count). The van der Waals surface area contributed by atoms with Crippen molar-refractivity contribution in [3.8, 4) is 0 Å². The molecule has 0 unspecified atom stereocenters. The fourth-order valence-corrected chi connectivity index (χ4v) is 3.14. The van der Waals surface area contributed by atoms with E-state index in [2.05, 4.69) is 47.7 Å². The second-order valence-electron chi connectivity index (χ2n) is 7.54. The Hall–Kier alpha value is -1.92. The van der Waals surface area contributed by atoms with Gasteiger partial charge in [0.25, 0.3) is 0 Å². The molecule has 1 aromatic heterocycles. The average molecular weight is 361 g/mol. The number of hydrogen-bond acceptors (Lipinski definition) is 5. The van der Waals surface area contributed by atoms with E-state index < -0.39 is 0 Å². The Morgan fingerprint density at radius 2 is 1.96 bits per heavy atom. The Morgan fingerprint density at radius 3 is 2.60 bits per heavy atom.